The Morgan fingerprint density at radius 3 is 1.67 bits per heavy atom. The van der Waals surface area contributed by atoms with E-state index in [1.54, 1.807) is 27.7 Å². The van der Waals surface area contributed by atoms with Crippen LogP contribution in [0.2, 0.25) is 0 Å². The number of aliphatic hydroxyl groups is 1. The number of carbonyl (C=O) groups excluding carboxylic acids is 1. The molecular weight excluding hydrogens is 272 g/mol. The van der Waals surface area contributed by atoms with Gasteiger partial charge in [-0.2, -0.15) is 0 Å². The minimum absolute atomic E-state index is 0.211. The molecule has 0 bridgehead atoms. The first-order valence-corrected chi connectivity index (χ1v) is 6.53. The first-order valence-electron chi connectivity index (χ1n) is 6.53. The molecule has 0 saturated heterocycles. The van der Waals surface area contributed by atoms with E-state index in [-0.39, 0.29) is 12.4 Å². The van der Waals surface area contributed by atoms with Gasteiger partial charge in [0.15, 0.2) is 0 Å². The van der Waals surface area contributed by atoms with Gasteiger partial charge in [-0.05, 0) is 34.6 Å². The number of benzene rings is 1. The fourth-order valence-corrected chi connectivity index (χ4v) is 0.738. The molecular formula is C16H28O5. The molecule has 1 aromatic rings. The highest BCUT2D eigenvalue weighted by Crippen LogP contribution is 1.93. The average Bonchev–Trinajstić information content (AvgIpc) is 2.29. The van der Waals surface area contributed by atoms with Gasteiger partial charge >= 0.3 is 5.97 Å². The largest absolute Gasteiger partial charge is 0.483 e. The van der Waals surface area contributed by atoms with Crippen LogP contribution in [-0.4, -0.2) is 34.9 Å². The molecule has 1 aromatic carbocycles. The molecule has 5 heteroatoms. The minimum Gasteiger partial charge on any atom is -0.483 e. The van der Waals surface area contributed by atoms with Crippen LogP contribution in [0.25, 0.3) is 0 Å². The lowest BCUT2D eigenvalue weighted by Gasteiger charge is -2.04. The van der Waals surface area contributed by atoms with Crippen molar-refractivity contribution in [1.29, 1.82) is 0 Å². The Labute approximate surface area is 127 Å². The Kier molecular flexibility index (Phi) is 18.6. The summed E-state index contributed by atoms with van der Waals surface area (Å²) in [4.78, 5) is 18.2. The van der Waals surface area contributed by atoms with Crippen molar-refractivity contribution in [2.75, 3.05) is 6.61 Å². The van der Waals surface area contributed by atoms with Crippen LogP contribution < -0.4 is 0 Å². The summed E-state index contributed by atoms with van der Waals surface area (Å²) in [5.41, 5.74) is 0.822. The summed E-state index contributed by atoms with van der Waals surface area (Å²) in [6, 6.07) is 10.3. The maximum absolute atomic E-state index is 9.82. The molecule has 0 saturated carbocycles. The first kappa shape index (κ1) is 24.2. The van der Waals surface area contributed by atoms with Crippen LogP contribution in [0.15, 0.2) is 30.3 Å². The molecule has 0 amide bonds. The Balaban J connectivity index is -0.000000215. The van der Waals surface area contributed by atoms with Crippen LogP contribution in [0, 0.1) is 6.92 Å². The van der Waals surface area contributed by atoms with Crippen molar-refractivity contribution in [1.82, 2.24) is 0 Å². The second-order valence-electron chi connectivity index (χ2n) is 4.86. The fourth-order valence-electron chi connectivity index (χ4n) is 0.738. The lowest BCUT2D eigenvalue weighted by molar-refractivity contribution is -0.140. The van der Waals surface area contributed by atoms with Gasteiger partial charge in [0.05, 0.1) is 12.2 Å². The average molecular weight is 300 g/mol. The van der Waals surface area contributed by atoms with E-state index in [2.05, 4.69) is 23.8 Å². The first-order chi connectivity index (χ1) is 9.58. The highest BCUT2D eigenvalue weighted by molar-refractivity contribution is 5.65. The SMILES string of the molecule is CC(C)(C)O.CCOC(C)=O.Cc1ccccc1.O=CO. The Morgan fingerprint density at radius 1 is 1.24 bits per heavy atom. The fraction of sp³-hybridized carbons (Fsp3) is 0.500. The van der Waals surface area contributed by atoms with E-state index in [1.807, 2.05) is 18.2 Å². The standard InChI is InChI=1S/C7H8.C4H8O2.C4H10O.CH2O2/c1-7-5-3-2-4-6-7;1-3-6-4(2)5;1-4(2,3)5;2-1-3/h2-6H,1H3;3H2,1-2H3;5H,1-3H3;1H,(H,2,3). The quantitative estimate of drug-likeness (QED) is 0.615. The maximum Gasteiger partial charge on any atom is 0.302 e. The number of hydrogen-bond acceptors (Lipinski definition) is 4. The summed E-state index contributed by atoms with van der Waals surface area (Å²) in [6.45, 7) is 10.7. The molecule has 21 heavy (non-hydrogen) atoms. The molecule has 0 aliphatic rings. The summed E-state index contributed by atoms with van der Waals surface area (Å²) in [6.07, 6.45) is 0. The van der Waals surface area contributed by atoms with Gasteiger partial charge < -0.3 is 14.9 Å². The molecule has 5 nitrogen and oxygen atoms in total. The molecule has 0 aliphatic carbocycles. The van der Waals surface area contributed by atoms with Gasteiger partial charge in [0, 0.05) is 6.92 Å². The van der Waals surface area contributed by atoms with Crippen LogP contribution >= 0.6 is 0 Å². The van der Waals surface area contributed by atoms with Crippen molar-refractivity contribution < 1.29 is 24.5 Å². The smallest absolute Gasteiger partial charge is 0.302 e. The van der Waals surface area contributed by atoms with E-state index in [0.29, 0.717) is 6.61 Å². The number of aryl methyl sites for hydroxylation is 1. The third kappa shape index (κ3) is 56.6. The predicted molar refractivity (Wildman–Crippen MR) is 84.2 cm³/mol. The van der Waals surface area contributed by atoms with Gasteiger partial charge in [0.2, 0.25) is 0 Å². The molecule has 0 atom stereocenters. The summed E-state index contributed by atoms with van der Waals surface area (Å²) >= 11 is 0. The second-order valence-corrected chi connectivity index (χ2v) is 4.86. The highest BCUT2D eigenvalue weighted by Gasteiger charge is 1.97. The van der Waals surface area contributed by atoms with Crippen LogP contribution in [0.4, 0.5) is 0 Å². The number of hydrogen-bond donors (Lipinski definition) is 2. The maximum atomic E-state index is 9.82. The Hall–Kier alpha value is -1.88. The Morgan fingerprint density at radius 2 is 1.57 bits per heavy atom. The third-order valence-corrected chi connectivity index (χ3v) is 1.29. The highest BCUT2D eigenvalue weighted by atomic mass is 16.5. The molecule has 0 aliphatic heterocycles. The van der Waals surface area contributed by atoms with Crippen LogP contribution in [0.5, 0.6) is 0 Å². The lowest BCUT2D eigenvalue weighted by Crippen LogP contribution is -2.10. The van der Waals surface area contributed by atoms with Crippen molar-refractivity contribution in [2.45, 2.75) is 47.1 Å². The summed E-state index contributed by atoms with van der Waals surface area (Å²) < 4.78 is 4.40. The van der Waals surface area contributed by atoms with Gasteiger partial charge in [0.25, 0.3) is 6.47 Å². The molecule has 0 aromatic heterocycles. The van der Waals surface area contributed by atoms with Crippen LogP contribution in [-0.2, 0) is 14.3 Å². The van der Waals surface area contributed by atoms with E-state index in [1.165, 1.54) is 12.5 Å². The molecule has 1 rings (SSSR count). The summed E-state index contributed by atoms with van der Waals surface area (Å²) in [7, 11) is 0. The third-order valence-electron chi connectivity index (χ3n) is 1.29. The molecule has 122 valence electrons. The normalized spacial score (nSPS) is 8.52. The van der Waals surface area contributed by atoms with Crippen LogP contribution in [0.3, 0.4) is 0 Å². The minimum atomic E-state index is -0.500. The van der Waals surface area contributed by atoms with Crippen molar-refractivity contribution in [3.63, 3.8) is 0 Å². The van der Waals surface area contributed by atoms with Crippen LogP contribution in [0.1, 0.15) is 40.2 Å². The van der Waals surface area contributed by atoms with Crippen molar-refractivity contribution in [3.05, 3.63) is 35.9 Å². The molecule has 0 radical (unpaired) electrons. The van der Waals surface area contributed by atoms with Gasteiger partial charge in [-0.3, -0.25) is 9.59 Å². The number of esters is 1. The zero-order valence-corrected chi connectivity index (χ0v) is 13.8. The Bertz CT molecular complexity index is 335. The van der Waals surface area contributed by atoms with E-state index in [9.17, 15) is 4.79 Å². The number of carbonyl (C=O) groups is 2. The number of ether oxygens (including phenoxy) is 1. The van der Waals surface area contributed by atoms with Crippen molar-refractivity contribution in [3.8, 4) is 0 Å². The van der Waals surface area contributed by atoms with E-state index in [0.717, 1.165) is 0 Å². The second kappa shape index (κ2) is 16.2. The van der Waals surface area contributed by atoms with Gasteiger partial charge in [0.1, 0.15) is 0 Å². The van der Waals surface area contributed by atoms with Crippen molar-refractivity contribution >= 4 is 12.4 Å². The summed E-state index contributed by atoms with van der Waals surface area (Å²) in [5.74, 6) is -0.211. The number of rotatable bonds is 1. The molecule has 0 fully saturated rings. The van der Waals surface area contributed by atoms with Crippen molar-refractivity contribution in [2.24, 2.45) is 0 Å². The molecule has 0 spiro atoms. The zero-order chi connectivity index (χ0) is 17.3. The van der Waals surface area contributed by atoms with E-state index in [4.69, 9.17) is 15.0 Å². The van der Waals surface area contributed by atoms with E-state index >= 15 is 0 Å². The van der Waals surface area contributed by atoms with E-state index < -0.39 is 5.60 Å². The van der Waals surface area contributed by atoms with Gasteiger partial charge in [-0.1, -0.05) is 35.9 Å². The summed E-state index contributed by atoms with van der Waals surface area (Å²) in [5, 5.41) is 15.4. The zero-order valence-electron chi connectivity index (χ0n) is 13.8. The molecule has 0 unspecified atom stereocenters. The lowest BCUT2D eigenvalue weighted by atomic mass is 10.2. The topological polar surface area (TPSA) is 83.8 Å². The molecule has 0 heterocycles. The monoisotopic (exact) mass is 300 g/mol. The predicted octanol–water partition coefficient (Wildman–Crippen LogP) is 3.04. The number of carboxylic acid groups (broad SMARTS) is 1. The van der Waals surface area contributed by atoms with Gasteiger partial charge in [-0.15, -0.1) is 0 Å². The van der Waals surface area contributed by atoms with Gasteiger partial charge in [-0.25, -0.2) is 0 Å². The molecule has 2 N–H and O–H groups in total.